The third-order valence-corrected chi connectivity index (χ3v) is 12.6. The molecule has 3 fully saturated rings. The van der Waals surface area contributed by atoms with Gasteiger partial charge >= 0.3 is 18.2 Å². The molecule has 3 heterocycles. The van der Waals surface area contributed by atoms with Gasteiger partial charge < -0.3 is 50.8 Å². The van der Waals surface area contributed by atoms with Crippen LogP contribution >= 0.6 is 0 Å². The van der Waals surface area contributed by atoms with Crippen LogP contribution in [0.4, 0.5) is 14.4 Å². The molecular weight excluding hydrogens is 881 g/mol. The molecule has 0 aromatic heterocycles. The first-order valence-electron chi connectivity index (χ1n) is 24.9. The van der Waals surface area contributed by atoms with Crippen molar-refractivity contribution < 1.29 is 43.0 Å². The fourth-order valence-corrected chi connectivity index (χ4v) is 9.07. The van der Waals surface area contributed by atoms with E-state index in [9.17, 15) is 33.6 Å². The summed E-state index contributed by atoms with van der Waals surface area (Å²) in [6, 6.07) is 14.2. The molecule has 0 aliphatic carbocycles. The van der Waals surface area contributed by atoms with Crippen LogP contribution in [0.25, 0.3) is 0 Å². The van der Waals surface area contributed by atoms with Gasteiger partial charge in [0.25, 0.3) is 0 Å². The van der Waals surface area contributed by atoms with E-state index in [1.807, 2.05) is 84.3 Å². The quantitative estimate of drug-likeness (QED) is 0.109. The molecule has 0 radical (unpaired) electrons. The number of carbonyl (C=O) groups is 7. The van der Waals surface area contributed by atoms with E-state index in [-0.39, 0.29) is 49.0 Å². The highest BCUT2D eigenvalue weighted by molar-refractivity contribution is 5.95. The van der Waals surface area contributed by atoms with E-state index in [0.29, 0.717) is 45.6 Å². The van der Waals surface area contributed by atoms with Crippen molar-refractivity contribution in [3.63, 3.8) is 0 Å². The van der Waals surface area contributed by atoms with Gasteiger partial charge in [-0.2, -0.15) is 0 Å². The molecule has 2 aromatic carbocycles. The molecule has 0 saturated carbocycles. The molecule has 69 heavy (non-hydrogen) atoms. The Bertz CT molecular complexity index is 2030. The first kappa shape index (κ1) is 54.1. The maximum atomic E-state index is 14.5. The summed E-state index contributed by atoms with van der Waals surface area (Å²) >= 11 is 0. The first-order chi connectivity index (χ1) is 32.6. The molecule has 3 saturated heterocycles. The lowest BCUT2D eigenvalue weighted by Gasteiger charge is -2.54. The van der Waals surface area contributed by atoms with Crippen LogP contribution in [-0.2, 0) is 41.5 Å². The number of carbonyl (C=O) groups excluding carboxylic acids is 7. The third-order valence-electron chi connectivity index (χ3n) is 12.6. The number of benzene rings is 2. The minimum atomic E-state index is -1.16. The number of unbranched alkanes of at least 4 members (excludes halogenated alkanes) is 1. The van der Waals surface area contributed by atoms with Crippen molar-refractivity contribution in [2.45, 2.75) is 155 Å². The van der Waals surface area contributed by atoms with Crippen LogP contribution in [0.5, 0.6) is 0 Å². The first-order valence-corrected chi connectivity index (χ1v) is 24.9. The Morgan fingerprint density at radius 1 is 0.580 bits per heavy atom. The maximum absolute atomic E-state index is 14.5. The number of hydrogen-bond acceptors (Lipinski definition) is 9. The topological polar surface area (TPSA) is 208 Å². The van der Waals surface area contributed by atoms with E-state index >= 15 is 0 Å². The highest BCUT2D eigenvalue weighted by atomic mass is 16.6. The summed E-state index contributed by atoms with van der Waals surface area (Å²) in [7, 11) is 0. The maximum Gasteiger partial charge on any atom is 0.408 e. The van der Waals surface area contributed by atoms with Crippen molar-refractivity contribution in [3.8, 4) is 0 Å². The minimum Gasteiger partial charge on any atom is -0.444 e. The lowest BCUT2D eigenvalue weighted by atomic mass is 9.72. The zero-order valence-electron chi connectivity index (χ0n) is 42.2. The Labute approximate surface area is 408 Å². The van der Waals surface area contributed by atoms with Crippen LogP contribution in [0.2, 0.25) is 0 Å². The van der Waals surface area contributed by atoms with Crippen molar-refractivity contribution >= 4 is 41.8 Å². The van der Waals surface area contributed by atoms with Crippen molar-refractivity contribution in [1.29, 1.82) is 0 Å². The molecule has 380 valence electrons. The molecule has 0 bridgehead atoms. The van der Waals surface area contributed by atoms with Gasteiger partial charge in [-0.05, 0) is 110 Å². The largest absolute Gasteiger partial charge is 0.444 e. The third kappa shape index (κ3) is 17.6. The molecule has 3 aliphatic heterocycles. The molecule has 5 rings (SSSR count). The summed E-state index contributed by atoms with van der Waals surface area (Å²) in [5, 5.41) is 14.3. The van der Waals surface area contributed by atoms with E-state index < -0.39 is 65.3 Å². The van der Waals surface area contributed by atoms with Gasteiger partial charge in [0.05, 0.1) is 0 Å². The van der Waals surface area contributed by atoms with E-state index in [2.05, 4.69) is 26.6 Å². The number of piperidine rings is 1. The molecule has 8 amide bonds. The number of likely N-dealkylation sites (tertiary alicyclic amines) is 3. The molecular formula is C52H78N8O9. The number of rotatable bonds is 19. The standard InChI is InChI=1S/C52H78N8O9/c1-36(2)31-40(55-44(62)41(32-37-19-11-9-12-20-37)56-45(63)42(33-38-21-13-10-14-22-38)57-48(66)69-51(6,7)8)43(61)54-39(23-15-16-26-53-47(65)68-50(3,4)5)46(64)58-29-24-52(25-30-58)34-60(35-52)49(67)59-27-17-18-28-59/h9-14,19-22,36,39-42H,15-18,23-35H2,1-8H3,(H,53,65)(H,54,61)(H,55,62)(H,56,63)(H,57,66)/t39-,40-,41-,42-/m1/s1. The molecule has 17 nitrogen and oxygen atoms in total. The summed E-state index contributed by atoms with van der Waals surface area (Å²) in [4.78, 5) is 102. The van der Waals surface area contributed by atoms with Gasteiger partial charge in [0.15, 0.2) is 0 Å². The molecule has 4 atom stereocenters. The van der Waals surface area contributed by atoms with Crippen molar-refractivity contribution in [2.75, 3.05) is 45.8 Å². The summed E-state index contributed by atoms with van der Waals surface area (Å²) in [6.07, 6.45) is 3.94. The van der Waals surface area contributed by atoms with Crippen molar-refractivity contribution in [2.24, 2.45) is 11.3 Å². The van der Waals surface area contributed by atoms with E-state index in [4.69, 9.17) is 9.47 Å². The van der Waals surface area contributed by atoms with Crippen LogP contribution in [0.1, 0.15) is 118 Å². The van der Waals surface area contributed by atoms with E-state index in [1.165, 1.54) is 0 Å². The van der Waals surface area contributed by atoms with E-state index in [1.54, 1.807) is 46.4 Å². The number of urea groups is 1. The predicted octanol–water partition coefficient (Wildman–Crippen LogP) is 5.70. The predicted molar refractivity (Wildman–Crippen MR) is 263 cm³/mol. The second kappa shape index (κ2) is 24.6. The second-order valence-corrected chi connectivity index (χ2v) is 21.5. The van der Waals surface area contributed by atoms with Gasteiger partial charge in [0.1, 0.15) is 35.4 Å². The summed E-state index contributed by atoms with van der Waals surface area (Å²) in [5.41, 5.74) is 0.0128. The lowest BCUT2D eigenvalue weighted by Crippen LogP contribution is -2.65. The summed E-state index contributed by atoms with van der Waals surface area (Å²) in [6.45, 7) is 18.6. The average Bonchev–Trinajstić information content (AvgIpc) is 3.81. The number of amides is 8. The number of ether oxygens (including phenoxy) is 2. The van der Waals surface area contributed by atoms with Gasteiger partial charge in [-0.3, -0.25) is 19.2 Å². The molecule has 2 aromatic rings. The van der Waals surface area contributed by atoms with Gasteiger partial charge in [-0.1, -0.05) is 74.5 Å². The summed E-state index contributed by atoms with van der Waals surface area (Å²) < 4.78 is 10.9. The zero-order valence-corrected chi connectivity index (χ0v) is 42.2. The van der Waals surface area contributed by atoms with Crippen LogP contribution in [0, 0.1) is 11.3 Å². The number of nitrogens with zero attached hydrogens (tertiary/aromatic N) is 3. The second-order valence-electron chi connectivity index (χ2n) is 21.5. The SMILES string of the molecule is CC(C)C[C@@H](NC(=O)[C@@H](Cc1ccccc1)NC(=O)[C@@H](Cc1ccccc1)NC(=O)OC(C)(C)C)C(=O)N[C@H](CCCCNC(=O)OC(C)(C)C)C(=O)N1CCC2(CC1)CN(C(=O)N1CCCC1)C2. The number of alkyl carbamates (subject to hydrolysis) is 2. The summed E-state index contributed by atoms with van der Waals surface area (Å²) in [5.74, 6) is -2.05. The van der Waals surface area contributed by atoms with E-state index in [0.717, 1.165) is 49.9 Å². The lowest BCUT2D eigenvalue weighted by molar-refractivity contribution is -0.141. The molecule has 1 spiro atoms. The minimum absolute atomic E-state index is 0.0377. The van der Waals surface area contributed by atoms with Gasteiger partial charge in [-0.15, -0.1) is 0 Å². The van der Waals surface area contributed by atoms with Gasteiger partial charge in [0.2, 0.25) is 23.6 Å². The van der Waals surface area contributed by atoms with Crippen LogP contribution in [-0.4, -0.2) is 138 Å². The van der Waals surface area contributed by atoms with Gasteiger partial charge in [-0.25, -0.2) is 14.4 Å². The Balaban J connectivity index is 1.30. The molecule has 5 N–H and O–H groups in total. The fraction of sp³-hybridized carbons (Fsp3) is 0.635. The number of nitrogens with one attached hydrogen (secondary N) is 5. The Hall–Kier alpha value is -5.87. The number of hydrogen-bond donors (Lipinski definition) is 5. The van der Waals surface area contributed by atoms with Crippen molar-refractivity contribution in [3.05, 3.63) is 71.8 Å². The molecule has 3 aliphatic rings. The average molecular weight is 959 g/mol. The van der Waals surface area contributed by atoms with Crippen LogP contribution < -0.4 is 26.6 Å². The fourth-order valence-electron chi connectivity index (χ4n) is 9.07. The molecule has 0 unspecified atom stereocenters. The normalized spacial score (nSPS) is 17.4. The Morgan fingerprint density at radius 2 is 1.06 bits per heavy atom. The van der Waals surface area contributed by atoms with Crippen LogP contribution in [0.3, 0.4) is 0 Å². The monoisotopic (exact) mass is 959 g/mol. The van der Waals surface area contributed by atoms with Crippen molar-refractivity contribution in [1.82, 2.24) is 41.3 Å². The van der Waals surface area contributed by atoms with Crippen LogP contribution in [0.15, 0.2) is 60.7 Å². The van der Waals surface area contributed by atoms with Gasteiger partial charge in [0, 0.05) is 64.1 Å². The zero-order chi connectivity index (χ0) is 50.4. The Kier molecular flexibility index (Phi) is 19.3. The highest BCUT2D eigenvalue weighted by Crippen LogP contribution is 2.41. The Morgan fingerprint density at radius 3 is 1.58 bits per heavy atom. The highest BCUT2D eigenvalue weighted by Gasteiger charge is 2.49. The smallest absolute Gasteiger partial charge is 0.408 e. The molecule has 17 heteroatoms.